The highest BCUT2D eigenvalue weighted by molar-refractivity contribution is 6.17. The summed E-state index contributed by atoms with van der Waals surface area (Å²) in [5.74, 6) is 0. The van der Waals surface area contributed by atoms with E-state index in [2.05, 4.69) is 222 Å². The van der Waals surface area contributed by atoms with Crippen molar-refractivity contribution in [2.75, 3.05) is 4.90 Å². The lowest BCUT2D eigenvalue weighted by Gasteiger charge is -2.29. The Labute approximate surface area is 330 Å². The van der Waals surface area contributed by atoms with E-state index < -0.39 is 0 Å². The van der Waals surface area contributed by atoms with Gasteiger partial charge < -0.3 is 13.9 Å². The maximum absolute atomic E-state index is 6.68. The summed E-state index contributed by atoms with van der Waals surface area (Å²) in [6.07, 6.45) is 0. The maximum Gasteiger partial charge on any atom is 0.143 e. The van der Waals surface area contributed by atoms with Gasteiger partial charge >= 0.3 is 0 Å². The zero-order chi connectivity index (χ0) is 37.7. The van der Waals surface area contributed by atoms with Crippen LogP contribution in [0.4, 0.5) is 17.1 Å². The number of para-hydroxylation sites is 5. The van der Waals surface area contributed by atoms with Gasteiger partial charge in [-0.15, -0.1) is 0 Å². The minimum absolute atomic E-state index is 0.884. The Morgan fingerprint density at radius 3 is 1.75 bits per heavy atom. The number of hydrogen-bond donors (Lipinski definition) is 0. The second-order valence-corrected chi connectivity index (χ2v) is 14.5. The van der Waals surface area contributed by atoms with E-state index in [1.165, 1.54) is 27.5 Å². The summed E-state index contributed by atoms with van der Waals surface area (Å²) in [6.45, 7) is 0. The highest BCUT2D eigenvalue weighted by atomic mass is 16.3. The van der Waals surface area contributed by atoms with Gasteiger partial charge in [-0.3, -0.25) is 0 Å². The van der Waals surface area contributed by atoms with Crippen molar-refractivity contribution >= 4 is 60.8 Å². The van der Waals surface area contributed by atoms with Crippen molar-refractivity contribution in [1.82, 2.24) is 4.57 Å². The van der Waals surface area contributed by atoms with E-state index in [4.69, 9.17) is 4.42 Å². The van der Waals surface area contributed by atoms with Gasteiger partial charge in [-0.05, 0) is 76.9 Å². The predicted octanol–water partition coefficient (Wildman–Crippen LogP) is 15.2. The molecule has 0 aliphatic rings. The smallest absolute Gasteiger partial charge is 0.143 e. The van der Waals surface area contributed by atoms with Crippen LogP contribution in [0.5, 0.6) is 0 Å². The van der Waals surface area contributed by atoms with E-state index in [-0.39, 0.29) is 0 Å². The maximum atomic E-state index is 6.68. The lowest BCUT2D eigenvalue weighted by molar-refractivity contribution is 0.670. The van der Waals surface area contributed by atoms with E-state index >= 15 is 0 Å². The van der Waals surface area contributed by atoms with Crippen molar-refractivity contribution in [1.29, 1.82) is 0 Å². The molecule has 0 radical (unpaired) electrons. The Balaban J connectivity index is 1.24. The molecule has 0 unspecified atom stereocenters. The van der Waals surface area contributed by atoms with Gasteiger partial charge in [-0.25, -0.2) is 0 Å². The van der Waals surface area contributed by atoms with Gasteiger partial charge in [-0.2, -0.15) is 0 Å². The summed E-state index contributed by atoms with van der Waals surface area (Å²) in [4.78, 5) is 2.46. The van der Waals surface area contributed by atoms with Crippen LogP contribution in [0.15, 0.2) is 223 Å². The molecule has 9 aromatic carbocycles. The number of benzene rings is 9. The minimum atomic E-state index is 0.884. The van der Waals surface area contributed by atoms with Gasteiger partial charge in [0.1, 0.15) is 11.2 Å². The Morgan fingerprint density at radius 1 is 0.368 bits per heavy atom. The lowest BCUT2D eigenvalue weighted by atomic mass is 9.93. The molecule has 2 aromatic heterocycles. The standard InChI is InChI=1S/C54H36N2O/c1-4-18-37(19-5-1)41-35-34-40(36-47(41)38-20-6-2-7-21-38)56(48-29-13-10-24-42(48)44-27-16-28-45-43-25-12-15-33-52(43)57-54(44)45)51-32-17-31-50-53(51)46-26-11-14-30-49(46)55(50)39-22-8-3-9-23-39/h1-36H. The third kappa shape index (κ3) is 5.43. The van der Waals surface area contributed by atoms with Gasteiger partial charge in [0, 0.05) is 44.0 Å². The minimum Gasteiger partial charge on any atom is -0.455 e. The lowest BCUT2D eigenvalue weighted by Crippen LogP contribution is -2.12. The summed E-state index contributed by atoms with van der Waals surface area (Å²) in [5.41, 5.74) is 15.2. The van der Waals surface area contributed by atoms with Gasteiger partial charge in [0.15, 0.2) is 0 Å². The van der Waals surface area contributed by atoms with E-state index in [0.29, 0.717) is 0 Å². The summed E-state index contributed by atoms with van der Waals surface area (Å²) >= 11 is 0. The number of nitrogens with zero attached hydrogens (tertiary/aromatic N) is 2. The van der Waals surface area contributed by atoms with Gasteiger partial charge in [0.2, 0.25) is 0 Å². The van der Waals surface area contributed by atoms with E-state index in [1.54, 1.807) is 0 Å². The molecule has 0 atom stereocenters. The fraction of sp³-hybridized carbons (Fsp3) is 0. The molecule has 0 fully saturated rings. The molecule has 268 valence electrons. The summed E-state index contributed by atoms with van der Waals surface area (Å²) in [5, 5.41) is 4.60. The molecule has 0 aliphatic heterocycles. The molecule has 0 saturated carbocycles. The second kappa shape index (κ2) is 13.6. The largest absolute Gasteiger partial charge is 0.455 e. The topological polar surface area (TPSA) is 21.3 Å². The van der Waals surface area contributed by atoms with E-state index in [9.17, 15) is 0 Å². The van der Waals surface area contributed by atoms with Crippen molar-refractivity contribution in [3.8, 4) is 39.1 Å². The molecule has 2 heterocycles. The Morgan fingerprint density at radius 2 is 0.947 bits per heavy atom. The van der Waals surface area contributed by atoms with Crippen molar-refractivity contribution in [3.63, 3.8) is 0 Å². The number of hydrogen-bond acceptors (Lipinski definition) is 2. The monoisotopic (exact) mass is 728 g/mol. The van der Waals surface area contributed by atoms with Crippen LogP contribution < -0.4 is 4.90 Å². The van der Waals surface area contributed by atoms with E-state index in [0.717, 1.165) is 72.4 Å². The summed E-state index contributed by atoms with van der Waals surface area (Å²) in [7, 11) is 0. The van der Waals surface area contributed by atoms with Crippen LogP contribution in [0, 0.1) is 0 Å². The van der Waals surface area contributed by atoms with Crippen molar-refractivity contribution < 1.29 is 4.42 Å². The highest BCUT2D eigenvalue weighted by Crippen LogP contribution is 2.49. The normalized spacial score (nSPS) is 11.5. The Hall–Kier alpha value is -7.62. The fourth-order valence-corrected chi connectivity index (χ4v) is 8.70. The van der Waals surface area contributed by atoms with Crippen molar-refractivity contribution in [2.24, 2.45) is 0 Å². The first-order valence-corrected chi connectivity index (χ1v) is 19.4. The molecule has 3 nitrogen and oxygen atoms in total. The predicted molar refractivity (Wildman–Crippen MR) is 239 cm³/mol. The quantitative estimate of drug-likeness (QED) is 0.163. The molecule has 0 amide bonds. The third-order valence-electron chi connectivity index (χ3n) is 11.2. The molecular formula is C54H36N2O. The van der Waals surface area contributed by atoms with Crippen molar-refractivity contribution in [2.45, 2.75) is 0 Å². The second-order valence-electron chi connectivity index (χ2n) is 14.5. The number of anilines is 3. The third-order valence-corrected chi connectivity index (χ3v) is 11.2. The van der Waals surface area contributed by atoms with Crippen LogP contribution >= 0.6 is 0 Å². The van der Waals surface area contributed by atoms with E-state index in [1.807, 2.05) is 6.07 Å². The molecule has 0 aliphatic carbocycles. The molecule has 0 spiro atoms. The molecule has 0 saturated heterocycles. The van der Waals surface area contributed by atoms with Crippen LogP contribution in [0.2, 0.25) is 0 Å². The first kappa shape index (κ1) is 32.8. The van der Waals surface area contributed by atoms with Crippen LogP contribution in [-0.2, 0) is 0 Å². The fourth-order valence-electron chi connectivity index (χ4n) is 8.70. The average molecular weight is 729 g/mol. The van der Waals surface area contributed by atoms with Gasteiger partial charge in [0.25, 0.3) is 0 Å². The zero-order valence-electron chi connectivity index (χ0n) is 31.1. The Kier molecular flexibility index (Phi) is 7.82. The molecular weight excluding hydrogens is 693 g/mol. The average Bonchev–Trinajstić information content (AvgIpc) is 3.84. The molecule has 3 heteroatoms. The molecule has 11 rings (SSSR count). The summed E-state index contributed by atoms with van der Waals surface area (Å²) in [6, 6.07) is 78.1. The summed E-state index contributed by atoms with van der Waals surface area (Å²) < 4.78 is 9.07. The molecule has 0 bridgehead atoms. The van der Waals surface area contributed by atoms with Crippen molar-refractivity contribution in [3.05, 3.63) is 218 Å². The molecule has 57 heavy (non-hydrogen) atoms. The number of fused-ring (bicyclic) bond motifs is 6. The molecule has 11 aromatic rings. The van der Waals surface area contributed by atoms with Gasteiger partial charge in [-0.1, -0.05) is 164 Å². The number of rotatable bonds is 7. The first-order valence-electron chi connectivity index (χ1n) is 19.4. The van der Waals surface area contributed by atoms with Crippen LogP contribution in [0.25, 0.3) is 82.8 Å². The van der Waals surface area contributed by atoms with Crippen LogP contribution in [-0.4, -0.2) is 4.57 Å². The SMILES string of the molecule is c1ccc(-c2ccc(N(c3ccccc3-c3cccc4c3oc3ccccc34)c3cccc4c3c3ccccc3n4-c3ccccc3)cc2-c2ccccc2)cc1. The van der Waals surface area contributed by atoms with Crippen LogP contribution in [0.3, 0.4) is 0 Å². The number of aromatic nitrogens is 1. The van der Waals surface area contributed by atoms with Gasteiger partial charge in [0.05, 0.1) is 22.4 Å². The highest BCUT2D eigenvalue weighted by Gasteiger charge is 2.25. The zero-order valence-corrected chi connectivity index (χ0v) is 31.1. The Bertz CT molecular complexity index is 3230. The first-order chi connectivity index (χ1) is 28.3. The van der Waals surface area contributed by atoms with Crippen LogP contribution in [0.1, 0.15) is 0 Å². The number of furan rings is 1. The molecule has 0 N–H and O–H groups in total.